The van der Waals surface area contributed by atoms with Crippen LogP contribution in [0.25, 0.3) is 0 Å². The van der Waals surface area contributed by atoms with Gasteiger partial charge in [0.2, 0.25) is 0 Å². The van der Waals surface area contributed by atoms with Gasteiger partial charge in [0.25, 0.3) is 0 Å². The highest BCUT2D eigenvalue weighted by molar-refractivity contribution is 5.82. The van der Waals surface area contributed by atoms with E-state index in [2.05, 4.69) is 22.5 Å². The minimum absolute atomic E-state index is 0.0422. The molecular formula is C10H19N3O2. The van der Waals surface area contributed by atoms with Crippen LogP contribution in [0.4, 0.5) is 0 Å². The van der Waals surface area contributed by atoms with Crippen molar-refractivity contribution in [2.24, 2.45) is 4.99 Å². The molecule has 1 aliphatic rings. The van der Waals surface area contributed by atoms with Crippen LogP contribution in [0.3, 0.4) is 0 Å². The summed E-state index contributed by atoms with van der Waals surface area (Å²) >= 11 is 0. The molecule has 86 valence electrons. The first-order valence-electron chi connectivity index (χ1n) is 5.32. The topological polar surface area (TPSA) is 62.7 Å². The molecule has 0 aliphatic carbocycles. The monoisotopic (exact) mass is 213 g/mol. The molecule has 0 aromatic rings. The van der Waals surface area contributed by atoms with Gasteiger partial charge in [-0.15, -0.1) is 0 Å². The molecule has 0 saturated heterocycles. The molecule has 5 heteroatoms. The lowest BCUT2D eigenvalue weighted by Gasteiger charge is -2.10. The zero-order chi connectivity index (χ0) is 11.3. The molecule has 1 atom stereocenters. The summed E-state index contributed by atoms with van der Waals surface area (Å²) in [5.74, 6) is 0.601. The fourth-order valence-corrected chi connectivity index (χ4v) is 1.26. The standard InChI is InChI=1S/C10H19N3O2/c1-7(2)15-9(14)4-5-11-10-12-6-8(3)13-10/h7-8H,4-6H2,1-3H3,(H2,11,12,13). The number of rotatable bonds is 4. The van der Waals surface area contributed by atoms with Crippen molar-refractivity contribution in [1.29, 1.82) is 0 Å². The molecule has 0 bridgehead atoms. The van der Waals surface area contributed by atoms with Crippen molar-refractivity contribution in [1.82, 2.24) is 10.6 Å². The van der Waals surface area contributed by atoms with Crippen LogP contribution in [-0.4, -0.2) is 37.2 Å². The predicted octanol–water partition coefficient (Wildman–Crippen LogP) is 0.265. The molecule has 15 heavy (non-hydrogen) atoms. The van der Waals surface area contributed by atoms with Crippen LogP contribution in [0.1, 0.15) is 27.2 Å². The Hall–Kier alpha value is -1.26. The van der Waals surface area contributed by atoms with Crippen LogP contribution in [0.15, 0.2) is 4.99 Å². The van der Waals surface area contributed by atoms with Crippen LogP contribution in [-0.2, 0) is 9.53 Å². The molecule has 1 rings (SSSR count). The van der Waals surface area contributed by atoms with E-state index in [0.717, 1.165) is 12.5 Å². The third-order valence-corrected chi connectivity index (χ3v) is 1.90. The second-order valence-electron chi connectivity index (χ2n) is 3.95. The highest BCUT2D eigenvalue weighted by atomic mass is 16.5. The third-order valence-electron chi connectivity index (χ3n) is 1.90. The normalized spacial score (nSPS) is 19.7. The van der Waals surface area contributed by atoms with Crippen LogP contribution in [0.2, 0.25) is 0 Å². The zero-order valence-electron chi connectivity index (χ0n) is 9.54. The average Bonchev–Trinajstić information content (AvgIpc) is 2.50. The maximum Gasteiger partial charge on any atom is 0.307 e. The smallest absolute Gasteiger partial charge is 0.307 e. The van der Waals surface area contributed by atoms with E-state index in [-0.39, 0.29) is 12.1 Å². The van der Waals surface area contributed by atoms with Gasteiger partial charge < -0.3 is 15.4 Å². The molecule has 0 aromatic carbocycles. The number of ether oxygens (including phenoxy) is 1. The molecular weight excluding hydrogens is 194 g/mol. The van der Waals surface area contributed by atoms with Gasteiger partial charge in [-0.3, -0.25) is 9.79 Å². The number of carbonyl (C=O) groups excluding carboxylic acids is 1. The van der Waals surface area contributed by atoms with Gasteiger partial charge in [0.1, 0.15) is 0 Å². The van der Waals surface area contributed by atoms with E-state index in [0.29, 0.717) is 19.0 Å². The van der Waals surface area contributed by atoms with Gasteiger partial charge in [0.05, 0.1) is 19.1 Å². The SMILES string of the molecule is CC1CN=C(NCCC(=O)OC(C)C)N1. The zero-order valence-corrected chi connectivity index (χ0v) is 9.54. The lowest BCUT2D eigenvalue weighted by atomic mass is 10.4. The predicted molar refractivity (Wildman–Crippen MR) is 58.7 cm³/mol. The Morgan fingerprint density at radius 2 is 2.47 bits per heavy atom. The molecule has 1 unspecified atom stereocenters. The van der Waals surface area contributed by atoms with Gasteiger partial charge in [-0.1, -0.05) is 0 Å². The fourth-order valence-electron chi connectivity index (χ4n) is 1.26. The number of nitrogens with one attached hydrogen (secondary N) is 2. The Morgan fingerprint density at radius 1 is 1.73 bits per heavy atom. The summed E-state index contributed by atoms with van der Waals surface area (Å²) in [4.78, 5) is 15.4. The molecule has 0 radical (unpaired) electrons. The largest absolute Gasteiger partial charge is 0.463 e. The van der Waals surface area contributed by atoms with E-state index < -0.39 is 0 Å². The number of guanidine groups is 1. The number of carbonyl (C=O) groups is 1. The minimum Gasteiger partial charge on any atom is -0.463 e. The molecule has 1 aliphatic heterocycles. The van der Waals surface area contributed by atoms with Gasteiger partial charge in [0.15, 0.2) is 5.96 Å². The molecule has 0 fully saturated rings. The Morgan fingerprint density at radius 3 is 3.00 bits per heavy atom. The van der Waals surface area contributed by atoms with Gasteiger partial charge in [0, 0.05) is 12.6 Å². The van der Waals surface area contributed by atoms with Crippen molar-refractivity contribution in [3.63, 3.8) is 0 Å². The first-order chi connectivity index (χ1) is 7.08. The van der Waals surface area contributed by atoms with Crippen molar-refractivity contribution in [3.8, 4) is 0 Å². The van der Waals surface area contributed by atoms with Gasteiger partial charge >= 0.3 is 5.97 Å². The van der Waals surface area contributed by atoms with Crippen LogP contribution in [0, 0.1) is 0 Å². The maximum atomic E-state index is 11.2. The summed E-state index contributed by atoms with van der Waals surface area (Å²) in [6.45, 7) is 7.10. The third kappa shape index (κ3) is 4.67. The summed E-state index contributed by atoms with van der Waals surface area (Å²) in [5, 5.41) is 6.21. The number of esters is 1. The molecule has 0 saturated carbocycles. The second-order valence-corrected chi connectivity index (χ2v) is 3.95. The first-order valence-corrected chi connectivity index (χ1v) is 5.32. The molecule has 0 aromatic heterocycles. The molecule has 2 N–H and O–H groups in total. The molecule has 5 nitrogen and oxygen atoms in total. The summed E-state index contributed by atoms with van der Waals surface area (Å²) in [6.07, 6.45) is 0.326. The Labute approximate surface area is 90.3 Å². The van der Waals surface area contributed by atoms with E-state index in [1.165, 1.54) is 0 Å². The number of nitrogens with zero attached hydrogens (tertiary/aromatic N) is 1. The van der Waals surface area contributed by atoms with Crippen LogP contribution in [0.5, 0.6) is 0 Å². The Bertz CT molecular complexity index is 251. The molecule has 1 heterocycles. The van der Waals surface area contributed by atoms with Gasteiger partial charge in [-0.25, -0.2) is 0 Å². The quantitative estimate of drug-likeness (QED) is 0.658. The maximum absolute atomic E-state index is 11.2. The van der Waals surface area contributed by atoms with Crippen molar-refractivity contribution in [2.75, 3.05) is 13.1 Å². The first kappa shape index (κ1) is 11.8. The number of aliphatic imine (C=N–C) groups is 1. The summed E-state index contributed by atoms with van der Waals surface area (Å²) in [5.41, 5.74) is 0. The molecule has 0 amide bonds. The van der Waals surface area contributed by atoms with Crippen LogP contribution >= 0.6 is 0 Å². The van der Waals surface area contributed by atoms with Crippen molar-refractivity contribution < 1.29 is 9.53 Å². The molecule has 0 spiro atoms. The van der Waals surface area contributed by atoms with E-state index >= 15 is 0 Å². The van der Waals surface area contributed by atoms with Gasteiger partial charge in [-0.2, -0.15) is 0 Å². The second kappa shape index (κ2) is 5.58. The lowest BCUT2D eigenvalue weighted by Crippen LogP contribution is -2.38. The van der Waals surface area contributed by atoms with Crippen molar-refractivity contribution >= 4 is 11.9 Å². The summed E-state index contributed by atoms with van der Waals surface area (Å²) in [7, 11) is 0. The van der Waals surface area contributed by atoms with E-state index in [1.807, 2.05) is 13.8 Å². The summed E-state index contributed by atoms with van der Waals surface area (Å²) < 4.78 is 5.00. The van der Waals surface area contributed by atoms with E-state index in [9.17, 15) is 4.79 Å². The highest BCUT2D eigenvalue weighted by Crippen LogP contribution is 1.94. The van der Waals surface area contributed by atoms with Gasteiger partial charge in [-0.05, 0) is 20.8 Å². The van der Waals surface area contributed by atoms with E-state index in [4.69, 9.17) is 4.74 Å². The van der Waals surface area contributed by atoms with Crippen LogP contribution < -0.4 is 10.6 Å². The van der Waals surface area contributed by atoms with E-state index in [1.54, 1.807) is 0 Å². The Kier molecular flexibility index (Phi) is 4.39. The average molecular weight is 213 g/mol. The highest BCUT2D eigenvalue weighted by Gasteiger charge is 2.12. The Balaban J connectivity index is 2.09. The minimum atomic E-state index is -0.177. The van der Waals surface area contributed by atoms with Crippen molar-refractivity contribution in [3.05, 3.63) is 0 Å². The lowest BCUT2D eigenvalue weighted by molar-refractivity contribution is -0.147. The summed E-state index contributed by atoms with van der Waals surface area (Å²) in [6, 6.07) is 0.384. The number of hydrogen-bond donors (Lipinski definition) is 2. The number of hydrogen-bond acceptors (Lipinski definition) is 5. The van der Waals surface area contributed by atoms with Crippen molar-refractivity contribution in [2.45, 2.75) is 39.3 Å². The fraction of sp³-hybridized carbons (Fsp3) is 0.800.